The lowest BCUT2D eigenvalue weighted by Gasteiger charge is -2.40. The highest BCUT2D eigenvalue weighted by Crippen LogP contribution is 2.25. The van der Waals surface area contributed by atoms with Gasteiger partial charge < -0.3 is 21.3 Å². The molecule has 0 amide bonds. The number of nitrogen functional groups attached to an aromatic ring is 1. The smallest absolute Gasteiger partial charge is 0.223 e. The van der Waals surface area contributed by atoms with Crippen molar-refractivity contribution < 1.29 is 0 Å². The molecule has 1 aromatic rings. The summed E-state index contributed by atoms with van der Waals surface area (Å²) in [6.07, 6.45) is 0. The van der Waals surface area contributed by atoms with Crippen molar-refractivity contribution in [1.82, 2.24) is 15.3 Å². The number of aromatic nitrogens is 2. The van der Waals surface area contributed by atoms with Crippen molar-refractivity contribution in [2.45, 2.75) is 20.8 Å². The van der Waals surface area contributed by atoms with Crippen LogP contribution in [0, 0.1) is 11.3 Å². The molecular formula is C14H26N6. The average molecular weight is 278 g/mol. The summed E-state index contributed by atoms with van der Waals surface area (Å²) in [6.45, 7) is 10.5. The molecule has 1 aromatic heterocycles. The van der Waals surface area contributed by atoms with E-state index in [1.165, 1.54) is 0 Å². The molecule has 0 radical (unpaired) electrons. The summed E-state index contributed by atoms with van der Waals surface area (Å²) in [6, 6.07) is 1.98. The van der Waals surface area contributed by atoms with Gasteiger partial charge in [-0.1, -0.05) is 20.8 Å². The molecule has 1 fully saturated rings. The van der Waals surface area contributed by atoms with E-state index < -0.39 is 0 Å². The van der Waals surface area contributed by atoms with Gasteiger partial charge >= 0.3 is 0 Å². The maximum Gasteiger partial charge on any atom is 0.223 e. The minimum atomic E-state index is 0.203. The van der Waals surface area contributed by atoms with Crippen molar-refractivity contribution in [3.8, 4) is 0 Å². The van der Waals surface area contributed by atoms with Gasteiger partial charge in [0.1, 0.15) is 11.6 Å². The third-order valence-electron chi connectivity index (χ3n) is 3.30. The van der Waals surface area contributed by atoms with Crippen LogP contribution in [0.5, 0.6) is 0 Å². The van der Waals surface area contributed by atoms with Gasteiger partial charge in [-0.3, -0.25) is 0 Å². The van der Waals surface area contributed by atoms with E-state index in [0.717, 1.165) is 37.8 Å². The largest absolute Gasteiger partial charge is 0.369 e. The molecule has 20 heavy (non-hydrogen) atoms. The fraction of sp³-hybridized carbons (Fsp3) is 0.714. The molecule has 0 saturated carbocycles. The van der Waals surface area contributed by atoms with Gasteiger partial charge in [-0.05, 0) is 12.5 Å². The predicted octanol–water partition coefficient (Wildman–Crippen LogP) is 1.17. The van der Waals surface area contributed by atoms with Gasteiger partial charge in [-0.25, -0.2) is 0 Å². The van der Waals surface area contributed by atoms with Gasteiger partial charge in [0.15, 0.2) is 0 Å². The molecule has 0 atom stereocenters. The second-order valence-corrected chi connectivity index (χ2v) is 6.71. The highest BCUT2D eigenvalue weighted by molar-refractivity contribution is 5.54. The standard InChI is InChI=1S/C14H26N6/c1-14(2,3)9-17-11-5-12(19-13(15)18-11)20-7-10(8-20)6-16-4/h5,10,16H,6-9H2,1-4H3,(H3,15,17,18,19). The number of nitrogens with zero attached hydrogens (tertiary/aromatic N) is 3. The Morgan fingerprint density at radius 3 is 2.65 bits per heavy atom. The molecule has 1 aliphatic heterocycles. The molecular weight excluding hydrogens is 252 g/mol. The summed E-state index contributed by atoms with van der Waals surface area (Å²) in [5.41, 5.74) is 6.01. The first-order valence-electron chi connectivity index (χ1n) is 7.15. The van der Waals surface area contributed by atoms with Crippen LogP contribution in [-0.2, 0) is 0 Å². The SMILES string of the molecule is CNCC1CN(c2cc(NCC(C)(C)C)nc(N)n2)C1. The maximum atomic E-state index is 5.81. The number of hydrogen-bond donors (Lipinski definition) is 3. The number of anilines is 3. The first-order valence-corrected chi connectivity index (χ1v) is 7.15. The Bertz CT molecular complexity index is 447. The summed E-state index contributed by atoms with van der Waals surface area (Å²) in [5, 5.41) is 6.54. The van der Waals surface area contributed by atoms with Crippen molar-refractivity contribution in [3.63, 3.8) is 0 Å². The molecule has 6 nitrogen and oxygen atoms in total. The topological polar surface area (TPSA) is 79.1 Å². The fourth-order valence-corrected chi connectivity index (χ4v) is 2.24. The van der Waals surface area contributed by atoms with E-state index in [-0.39, 0.29) is 5.41 Å². The number of nitrogens with two attached hydrogens (primary N) is 1. The highest BCUT2D eigenvalue weighted by atomic mass is 15.3. The third kappa shape index (κ3) is 3.96. The van der Waals surface area contributed by atoms with Crippen molar-refractivity contribution in [1.29, 1.82) is 0 Å². The summed E-state index contributed by atoms with van der Waals surface area (Å²) < 4.78 is 0. The van der Waals surface area contributed by atoms with Gasteiger partial charge in [-0.15, -0.1) is 0 Å². The van der Waals surface area contributed by atoms with Gasteiger partial charge in [-0.2, -0.15) is 9.97 Å². The van der Waals surface area contributed by atoms with Gasteiger partial charge in [0.25, 0.3) is 0 Å². The van der Waals surface area contributed by atoms with Gasteiger partial charge in [0, 0.05) is 38.2 Å². The van der Waals surface area contributed by atoms with Crippen LogP contribution in [0.3, 0.4) is 0 Å². The molecule has 0 aromatic carbocycles. The molecule has 0 unspecified atom stereocenters. The van der Waals surface area contributed by atoms with E-state index in [2.05, 4.69) is 46.3 Å². The molecule has 6 heteroatoms. The summed E-state index contributed by atoms with van der Waals surface area (Å²) in [4.78, 5) is 10.8. The Kier molecular flexibility index (Phi) is 4.32. The van der Waals surface area contributed by atoms with Crippen LogP contribution in [0.25, 0.3) is 0 Å². The highest BCUT2D eigenvalue weighted by Gasteiger charge is 2.27. The lowest BCUT2D eigenvalue weighted by Crippen LogP contribution is -2.50. The molecule has 1 aliphatic rings. The second kappa shape index (κ2) is 5.83. The summed E-state index contributed by atoms with van der Waals surface area (Å²) in [5.74, 6) is 2.75. The quantitative estimate of drug-likeness (QED) is 0.750. The molecule has 2 heterocycles. The predicted molar refractivity (Wildman–Crippen MR) is 84.0 cm³/mol. The Labute approximate surface area is 121 Å². The zero-order valence-electron chi connectivity index (χ0n) is 12.9. The van der Waals surface area contributed by atoms with Crippen LogP contribution >= 0.6 is 0 Å². The Morgan fingerprint density at radius 1 is 1.35 bits per heavy atom. The third-order valence-corrected chi connectivity index (χ3v) is 3.30. The van der Waals surface area contributed by atoms with E-state index in [1.807, 2.05) is 13.1 Å². The van der Waals surface area contributed by atoms with Crippen LogP contribution in [0.4, 0.5) is 17.6 Å². The molecule has 1 saturated heterocycles. The number of rotatable bonds is 5. The average Bonchev–Trinajstić information content (AvgIpc) is 2.29. The van der Waals surface area contributed by atoms with Crippen LogP contribution in [0.15, 0.2) is 6.07 Å². The van der Waals surface area contributed by atoms with E-state index in [4.69, 9.17) is 5.73 Å². The first-order chi connectivity index (χ1) is 9.37. The van der Waals surface area contributed by atoms with Crippen molar-refractivity contribution in [3.05, 3.63) is 6.07 Å². The van der Waals surface area contributed by atoms with Crippen LogP contribution in [0.1, 0.15) is 20.8 Å². The second-order valence-electron chi connectivity index (χ2n) is 6.71. The lowest BCUT2D eigenvalue weighted by molar-refractivity contribution is 0.394. The van der Waals surface area contributed by atoms with Crippen LogP contribution in [-0.4, -0.2) is 43.2 Å². The van der Waals surface area contributed by atoms with Crippen molar-refractivity contribution in [2.24, 2.45) is 11.3 Å². The van der Waals surface area contributed by atoms with Crippen molar-refractivity contribution in [2.75, 3.05) is 49.2 Å². The zero-order valence-corrected chi connectivity index (χ0v) is 12.9. The molecule has 112 valence electrons. The van der Waals surface area contributed by atoms with E-state index in [9.17, 15) is 0 Å². The maximum absolute atomic E-state index is 5.81. The molecule has 0 aliphatic carbocycles. The minimum Gasteiger partial charge on any atom is -0.369 e. The van der Waals surface area contributed by atoms with Gasteiger partial charge in [0.2, 0.25) is 5.95 Å². The molecule has 4 N–H and O–H groups in total. The lowest BCUT2D eigenvalue weighted by atomic mass is 9.97. The van der Waals surface area contributed by atoms with E-state index >= 15 is 0 Å². The summed E-state index contributed by atoms with van der Waals surface area (Å²) >= 11 is 0. The van der Waals surface area contributed by atoms with E-state index in [1.54, 1.807) is 0 Å². The summed E-state index contributed by atoms with van der Waals surface area (Å²) in [7, 11) is 1.99. The minimum absolute atomic E-state index is 0.203. The Hall–Kier alpha value is -1.56. The monoisotopic (exact) mass is 278 g/mol. The van der Waals surface area contributed by atoms with Gasteiger partial charge in [0.05, 0.1) is 0 Å². The molecule has 0 bridgehead atoms. The van der Waals surface area contributed by atoms with E-state index in [0.29, 0.717) is 11.9 Å². The molecule has 0 spiro atoms. The fourth-order valence-electron chi connectivity index (χ4n) is 2.24. The number of nitrogens with one attached hydrogen (secondary N) is 2. The first kappa shape index (κ1) is 14.8. The zero-order chi connectivity index (χ0) is 14.8. The van der Waals surface area contributed by atoms with Crippen molar-refractivity contribution >= 4 is 17.6 Å². The Balaban J connectivity index is 1.99. The molecule has 2 rings (SSSR count). The van der Waals surface area contributed by atoms with Crippen LogP contribution in [0.2, 0.25) is 0 Å². The van der Waals surface area contributed by atoms with Crippen LogP contribution < -0.4 is 21.3 Å². The number of hydrogen-bond acceptors (Lipinski definition) is 6. The normalized spacial score (nSPS) is 16.1. The Morgan fingerprint density at radius 2 is 2.05 bits per heavy atom.